The zero-order valence-electron chi connectivity index (χ0n) is 12.9. The molecule has 1 amide bonds. The fourth-order valence-electron chi connectivity index (χ4n) is 2.22. The molecule has 0 aliphatic carbocycles. The van der Waals surface area contributed by atoms with Gasteiger partial charge in [0.2, 0.25) is 5.91 Å². The molecule has 0 radical (unpaired) electrons. The maximum atomic E-state index is 12.0. The van der Waals surface area contributed by atoms with Gasteiger partial charge in [0.1, 0.15) is 11.9 Å². The minimum Gasteiger partial charge on any atom is -0.480 e. The fraction of sp³-hybridized carbons (Fsp3) is 0.533. The Morgan fingerprint density at radius 2 is 2.22 bits per heavy atom. The zero-order chi connectivity index (χ0) is 16.9. The van der Waals surface area contributed by atoms with Gasteiger partial charge < -0.3 is 15.0 Å². The van der Waals surface area contributed by atoms with Gasteiger partial charge in [-0.15, -0.1) is 12.3 Å². The number of aryl methyl sites for hydroxylation is 1. The van der Waals surface area contributed by atoms with Gasteiger partial charge in [-0.05, 0) is 0 Å². The molecule has 8 heteroatoms. The van der Waals surface area contributed by atoms with Crippen LogP contribution in [0.2, 0.25) is 0 Å². The number of carbonyl (C=O) groups excluding carboxylic acids is 1. The summed E-state index contributed by atoms with van der Waals surface area (Å²) in [4.78, 5) is 27.4. The lowest BCUT2D eigenvalue weighted by Gasteiger charge is -2.15. The molecule has 1 atom stereocenters. The fourth-order valence-corrected chi connectivity index (χ4v) is 2.22. The van der Waals surface area contributed by atoms with Crippen LogP contribution in [-0.4, -0.2) is 38.2 Å². The average Bonchev–Trinajstić information content (AvgIpc) is 3.18. The van der Waals surface area contributed by atoms with Crippen LogP contribution in [-0.2, 0) is 23.1 Å². The lowest BCUT2D eigenvalue weighted by Crippen LogP contribution is -2.43. The van der Waals surface area contributed by atoms with Crippen molar-refractivity contribution in [3.63, 3.8) is 0 Å². The van der Waals surface area contributed by atoms with Gasteiger partial charge in [0, 0.05) is 51.5 Å². The van der Waals surface area contributed by atoms with E-state index in [1.807, 2.05) is 0 Å². The Balaban J connectivity index is 1.83. The van der Waals surface area contributed by atoms with Crippen LogP contribution in [0.15, 0.2) is 22.6 Å². The van der Waals surface area contributed by atoms with E-state index in [1.54, 1.807) is 24.0 Å². The lowest BCUT2D eigenvalue weighted by molar-refractivity contribution is -0.141. The number of nitrogens with one attached hydrogen (secondary N) is 1. The number of nitrogens with zero attached hydrogens (tertiary/aromatic N) is 4. The van der Waals surface area contributed by atoms with Crippen LogP contribution >= 0.6 is 0 Å². The van der Waals surface area contributed by atoms with Crippen LogP contribution in [0.3, 0.4) is 0 Å². The number of carboxylic acids is 1. The molecule has 2 heterocycles. The number of rotatable bonds is 9. The topological polar surface area (TPSA) is 109 Å². The third-order valence-corrected chi connectivity index (χ3v) is 3.75. The molecule has 0 bridgehead atoms. The predicted molar refractivity (Wildman–Crippen MR) is 81.4 cm³/mol. The van der Waals surface area contributed by atoms with Crippen molar-refractivity contribution >= 4 is 11.9 Å². The van der Waals surface area contributed by atoms with Crippen molar-refractivity contribution in [3.05, 3.63) is 18.2 Å². The molecule has 0 fully saturated rings. The van der Waals surface area contributed by atoms with Crippen molar-refractivity contribution in [1.82, 2.24) is 14.9 Å². The number of amides is 1. The maximum Gasteiger partial charge on any atom is 0.326 e. The highest BCUT2D eigenvalue weighted by atomic mass is 16.4. The first kappa shape index (κ1) is 16.7. The highest BCUT2D eigenvalue weighted by Gasteiger charge is 2.39. The first-order chi connectivity index (χ1) is 11.0. The Kier molecular flexibility index (Phi) is 5.11. The SMILES string of the molecule is C#CCCC1(CCC(=O)NC(Cc2nccn2C)C(=O)O)N=N1. The Labute approximate surface area is 134 Å². The molecule has 0 spiro atoms. The summed E-state index contributed by atoms with van der Waals surface area (Å²) in [7, 11) is 1.77. The standard InChI is InChI=1S/C15H19N5O3/c1-3-4-6-15(18-19-15)7-5-13(21)17-11(14(22)23)10-12-16-8-9-20(12)2/h1,8-9,11H,4-7,10H2,2H3,(H,17,21)(H,22,23). The number of terminal acetylenes is 1. The van der Waals surface area contributed by atoms with Gasteiger partial charge in [-0.3, -0.25) is 4.79 Å². The average molecular weight is 317 g/mol. The minimum absolute atomic E-state index is 0.127. The van der Waals surface area contributed by atoms with Crippen molar-refractivity contribution in [1.29, 1.82) is 0 Å². The summed E-state index contributed by atoms with van der Waals surface area (Å²) in [5, 5.41) is 19.7. The van der Waals surface area contributed by atoms with Gasteiger partial charge in [0.05, 0.1) is 0 Å². The van der Waals surface area contributed by atoms with Crippen molar-refractivity contribution in [3.8, 4) is 12.3 Å². The van der Waals surface area contributed by atoms with E-state index in [0.717, 1.165) is 0 Å². The summed E-state index contributed by atoms with van der Waals surface area (Å²) < 4.78 is 1.72. The number of aromatic nitrogens is 2. The van der Waals surface area contributed by atoms with Crippen LogP contribution in [0, 0.1) is 12.3 Å². The van der Waals surface area contributed by atoms with Crippen molar-refractivity contribution in [2.24, 2.45) is 17.3 Å². The van der Waals surface area contributed by atoms with Crippen molar-refractivity contribution in [2.75, 3.05) is 0 Å². The Morgan fingerprint density at radius 3 is 2.74 bits per heavy atom. The largest absolute Gasteiger partial charge is 0.480 e. The predicted octanol–water partition coefficient (Wildman–Crippen LogP) is 0.888. The van der Waals surface area contributed by atoms with E-state index in [2.05, 4.69) is 26.4 Å². The number of aliphatic carboxylic acids is 1. The molecule has 1 unspecified atom stereocenters. The molecule has 2 N–H and O–H groups in total. The maximum absolute atomic E-state index is 12.0. The molecule has 122 valence electrons. The van der Waals surface area contributed by atoms with Gasteiger partial charge in [0.15, 0.2) is 5.66 Å². The summed E-state index contributed by atoms with van der Waals surface area (Å²) in [5.74, 6) is 1.68. The molecule has 0 aromatic carbocycles. The second kappa shape index (κ2) is 7.05. The molecule has 23 heavy (non-hydrogen) atoms. The third kappa shape index (κ3) is 4.64. The lowest BCUT2D eigenvalue weighted by atomic mass is 10.0. The summed E-state index contributed by atoms with van der Waals surface area (Å²) in [6.07, 6.45) is 10.4. The number of hydrogen-bond donors (Lipinski definition) is 2. The monoisotopic (exact) mass is 317 g/mol. The molecule has 1 aromatic rings. The molecule has 2 rings (SSSR count). The van der Waals surface area contributed by atoms with Gasteiger partial charge in [-0.25, -0.2) is 9.78 Å². The van der Waals surface area contributed by atoms with E-state index in [9.17, 15) is 14.7 Å². The number of hydrogen-bond acceptors (Lipinski definition) is 5. The van der Waals surface area contributed by atoms with Crippen LogP contribution in [0.4, 0.5) is 0 Å². The van der Waals surface area contributed by atoms with Crippen molar-refractivity contribution < 1.29 is 14.7 Å². The summed E-state index contributed by atoms with van der Waals surface area (Å²) in [6.45, 7) is 0. The zero-order valence-corrected chi connectivity index (χ0v) is 12.9. The van der Waals surface area contributed by atoms with Crippen molar-refractivity contribution in [2.45, 2.75) is 43.8 Å². The number of carboxylic acid groups (broad SMARTS) is 1. The molecule has 1 aromatic heterocycles. The molecule has 1 aliphatic rings. The quantitative estimate of drug-likeness (QED) is 0.659. The molecule has 0 saturated heterocycles. The van der Waals surface area contributed by atoms with E-state index < -0.39 is 17.7 Å². The minimum atomic E-state index is -1.09. The highest BCUT2D eigenvalue weighted by Crippen LogP contribution is 2.37. The second-order valence-corrected chi connectivity index (χ2v) is 5.50. The van der Waals surface area contributed by atoms with Gasteiger partial charge >= 0.3 is 5.97 Å². The number of imidazole rings is 1. The van der Waals surface area contributed by atoms with Gasteiger partial charge in [-0.1, -0.05) is 0 Å². The van der Waals surface area contributed by atoms with E-state index in [1.165, 1.54) is 0 Å². The van der Waals surface area contributed by atoms with E-state index >= 15 is 0 Å². The summed E-state index contributed by atoms with van der Waals surface area (Å²) >= 11 is 0. The Hall–Kier alpha value is -2.69. The molecular weight excluding hydrogens is 298 g/mol. The summed E-state index contributed by atoms with van der Waals surface area (Å²) in [5.41, 5.74) is -0.540. The first-order valence-corrected chi connectivity index (χ1v) is 7.32. The molecule has 0 saturated carbocycles. The van der Waals surface area contributed by atoms with Gasteiger partial charge in [0.25, 0.3) is 0 Å². The smallest absolute Gasteiger partial charge is 0.326 e. The molecule has 8 nitrogen and oxygen atoms in total. The molecule has 1 aliphatic heterocycles. The van der Waals surface area contributed by atoms with E-state index in [0.29, 0.717) is 25.1 Å². The Bertz CT molecular complexity index is 652. The van der Waals surface area contributed by atoms with Gasteiger partial charge in [-0.2, -0.15) is 10.2 Å². The molecular formula is C15H19N5O3. The van der Waals surface area contributed by atoms with E-state index in [-0.39, 0.29) is 18.7 Å². The van der Waals surface area contributed by atoms with E-state index in [4.69, 9.17) is 6.42 Å². The number of carbonyl (C=O) groups is 2. The normalized spacial score (nSPS) is 15.7. The third-order valence-electron chi connectivity index (χ3n) is 3.75. The van der Waals surface area contributed by atoms with Crippen LogP contribution in [0.25, 0.3) is 0 Å². The van der Waals surface area contributed by atoms with Crippen LogP contribution in [0.1, 0.15) is 31.5 Å². The second-order valence-electron chi connectivity index (χ2n) is 5.50. The Morgan fingerprint density at radius 1 is 1.48 bits per heavy atom. The van der Waals surface area contributed by atoms with Crippen LogP contribution in [0.5, 0.6) is 0 Å². The highest BCUT2D eigenvalue weighted by molar-refractivity contribution is 5.83. The van der Waals surface area contributed by atoms with Crippen LogP contribution < -0.4 is 5.32 Å². The summed E-state index contributed by atoms with van der Waals surface area (Å²) in [6, 6.07) is -1.02. The first-order valence-electron chi connectivity index (χ1n) is 7.32.